The maximum Gasteiger partial charge on any atom is 0.220 e. The Balaban J connectivity index is 1.95. The number of methoxy groups -OCH3 is 2. The zero-order chi connectivity index (χ0) is 19.2. The molecule has 27 heavy (non-hydrogen) atoms. The lowest BCUT2D eigenvalue weighted by atomic mass is 9.93. The van der Waals surface area contributed by atoms with Crippen molar-refractivity contribution in [2.75, 3.05) is 33.9 Å². The van der Waals surface area contributed by atoms with E-state index in [4.69, 9.17) is 15.2 Å². The molecular weight excluding hydrogens is 348 g/mol. The molecule has 2 aromatic rings. The van der Waals surface area contributed by atoms with Crippen LogP contribution in [0, 0.1) is 5.92 Å². The molecule has 2 heterocycles. The van der Waals surface area contributed by atoms with Crippen molar-refractivity contribution in [1.29, 1.82) is 0 Å². The predicted molar refractivity (Wildman–Crippen MR) is 97.1 cm³/mol. The van der Waals surface area contributed by atoms with Crippen molar-refractivity contribution in [1.82, 2.24) is 20.2 Å². The van der Waals surface area contributed by atoms with Gasteiger partial charge in [-0.05, 0) is 22.6 Å². The molecule has 0 spiro atoms. The molecule has 0 radical (unpaired) electrons. The fraction of sp³-hybridized carbons (Fsp3) is 0.556. The van der Waals surface area contributed by atoms with Crippen molar-refractivity contribution in [2.45, 2.75) is 25.4 Å². The molecule has 1 aliphatic rings. The molecule has 1 aromatic carbocycles. The number of likely N-dealkylation sites (tertiary alicyclic amines) is 1. The van der Waals surface area contributed by atoms with Crippen molar-refractivity contribution >= 4 is 5.91 Å². The molecule has 0 unspecified atom stereocenters. The van der Waals surface area contributed by atoms with Crippen LogP contribution in [0.1, 0.15) is 30.3 Å². The Bertz CT molecular complexity index is 757. The fourth-order valence-corrected chi connectivity index (χ4v) is 3.76. The predicted octanol–water partition coefficient (Wildman–Crippen LogP) is -0.802. The number of aromatic nitrogens is 4. The normalized spacial score (nSPS) is 21.0. The Labute approximate surface area is 158 Å². The molecule has 3 N–H and O–H groups in total. The van der Waals surface area contributed by atoms with E-state index in [1.807, 2.05) is 24.3 Å². The minimum atomic E-state index is -0.215. The number of quaternary nitrogens is 1. The smallest absolute Gasteiger partial charge is 0.220 e. The van der Waals surface area contributed by atoms with Gasteiger partial charge in [-0.1, -0.05) is 12.1 Å². The van der Waals surface area contributed by atoms with Crippen LogP contribution in [0.5, 0.6) is 5.75 Å². The molecule has 146 valence electrons. The SMILES string of the molecule is COCCn1nnnc1[C@H](c1ccccc1OC)[NH+]1CCC(C(N)=O)CC1. The Kier molecular flexibility index (Phi) is 6.36. The number of nitrogens with one attached hydrogen (secondary N) is 1. The number of amides is 1. The van der Waals surface area contributed by atoms with E-state index in [0.717, 1.165) is 43.1 Å². The van der Waals surface area contributed by atoms with Crippen molar-refractivity contribution in [2.24, 2.45) is 11.7 Å². The molecule has 1 aliphatic heterocycles. The molecule has 1 fully saturated rings. The van der Waals surface area contributed by atoms with Crippen LogP contribution in [0.2, 0.25) is 0 Å². The molecule has 0 aliphatic carbocycles. The number of nitrogens with two attached hydrogens (primary N) is 1. The van der Waals surface area contributed by atoms with Crippen LogP contribution in [0.3, 0.4) is 0 Å². The van der Waals surface area contributed by atoms with Crippen LogP contribution in [0.15, 0.2) is 24.3 Å². The first-order valence-electron chi connectivity index (χ1n) is 9.17. The third-order valence-corrected chi connectivity index (χ3v) is 5.21. The lowest BCUT2D eigenvalue weighted by molar-refractivity contribution is -0.931. The minimum Gasteiger partial charge on any atom is -0.496 e. The number of benzene rings is 1. The average molecular weight is 375 g/mol. The topological polar surface area (TPSA) is 110 Å². The largest absolute Gasteiger partial charge is 0.496 e. The number of hydrogen-bond donors (Lipinski definition) is 2. The van der Waals surface area contributed by atoms with E-state index in [-0.39, 0.29) is 17.9 Å². The van der Waals surface area contributed by atoms with Crippen LogP contribution in [-0.4, -0.2) is 60.0 Å². The zero-order valence-electron chi connectivity index (χ0n) is 15.8. The van der Waals surface area contributed by atoms with Gasteiger partial charge in [0.25, 0.3) is 0 Å². The van der Waals surface area contributed by atoms with Gasteiger partial charge >= 0.3 is 0 Å². The maximum atomic E-state index is 11.5. The number of hydrogen-bond acceptors (Lipinski definition) is 6. The Morgan fingerprint density at radius 1 is 1.33 bits per heavy atom. The summed E-state index contributed by atoms with van der Waals surface area (Å²) in [6, 6.07) is 7.83. The Morgan fingerprint density at radius 2 is 2.07 bits per heavy atom. The Hall–Kier alpha value is -2.52. The van der Waals surface area contributed by atoms with Crippen molar-refractivity contribution in [3.8, 4) is 5.75 Å². The summed E-state index contributed by atoms with van der Waals surface area (Å²) in [5, 5.41) is 12.4. The molecule has 9 heteroatoms. The van der Waals surface area contributed by atoms with E-state index >= 15 is 0 Å². The number of carbonyl (C=O) groups is 1. The number of piperidine rings is 1. The zero-order valence-corrected chi connectivity index (χ0v) is 15.8. The highest BCUT2D eigenvalue weighted by Gasteiger charge is 2.37. The molecule has 1 aromatic heterocycles. The van der Waals surface area contributed by atoms with Crippen molar-refractivity contribution < 1.29 is 19.2 Å². The number of ether oxygens (including phenoxy) is 2. The summed E-state index contributed by atoms with van der Waals surface area (Å²) < 4.78 is 12.6. The molecule has 1 atom stereocenters. The van der Waals surface area contributed by atoms with Crippen LogP contribution >= 0.6 is 0 Å². The van der Waals surface area contributed by atoms with E-state index in [1.54, 1.807) is 18.9 Å². The highest BCUT2D eigenvalue weighted by atomic mass is 16.5. The first-order chi connectivity index (χ1) is 13.2. The molecule has 9 nitrogen and oxygen atoms in total. The van der Waals surface area contributed by atoms with Crippen LogP contribution in [-0.2, 0) is 16.1 Å². The van der Waals surface area contributed by atoms with Gasteiger partial charge < -0.3 is 20.1 Å². The highest BCUT2D eigenvalue weighted by molar-refractivity contribution is 5.76. The number of nitrogens with zero attached hydrogens (tertiary/aromatic N) is 4. The van der Waals surface area contributed by atoms with Crippen molar-refractivity contribution in [3.05, 3.63) is 35.7 Å². The number of para-hydroxylation sites is 1. The summed E-state index contributed by atoms with van der Waals surface area (Å²) in [5.74, 6) is 1.29. The van der Waals surface area contributed by atoms with E-state index in [0.29, 0.717) is 13.2 Å². The van der Waals surface area contributed by atoms with Crippen LogP contribution in [0.25, 0.3) is 0 Å². The molecule has 0 saturated carbocycles. The lowest BCUT2D eigenvalue weighted by Gasteiger charge is -2.33. The number of rotatable bonds is 8. The molecular formula is C18H27N6O3+. The Morgan fingerprint density at radius 3 is 2.74 bits per heavy atom. The maximum absolute atomic E-state index is 11.5. The molecule has 1 saturated heterocycles. The van der Waals surface area contributed by atoms with Crippen LogP contribution in [0.4, 0.5) is 0 Å². The van der Waals surface area contributed by atoms with Gasteiger partial charge in [-0.15, -0.1) is 5.10 Å². The van der Waals surface area contributed by atoms with Gasteiger partial charge in [0, 0.05) is 25.9 Å². The van der Waals surface area contributed by atoms with Crippen LogP contribution < -0.4 is 15.4 Å². The summed E-state index contributed by atoms with van der Waals surface area (Å²) in [6.07, 6.45) is 1.52. The van der Waals surface area contributed by atoms with Gasteiger partial charge in [0.05, 0.1) is 38.9 Å². The summed E-state index contributed by atoms with van der Waals surface area (Å²) in [6.45, 7) is 2.72. The quantitative estimate of drug-likeness (QED) is 0.625. The number of tetrazole rings is 1. The monoisotopic (exact) mass is 375 g/mol. The summed E-state index contributed by atoms with van der Waals surface area (Å²) >= 11 is 0. The second-order valence-corrected chi connectivity index (χ2v) is 6.76. The van der Waals surface area contributed by atoms with E-state index in [9.17, 15) is 4.79 Å². The standard InChI is InChI=1S/C18H26N6O3/c1-26-12-11-24-18(20-21-22-24)16(14-5-3-4-6-15(14)27-2)23-9-7-13(8-10-23)17(19)25/h3-6,13,16H,7-12H2,1-2H3,(H2,19,25)/p+1/t16-/m0/s1. The summed E-state index contributed by atoms with van der Waals surface area (Å²) in [5.41, 5.74) is 6.53. The van der Waals surface area contributed by atoms with Gasteiger partial charge in [-0.2, -0.15) is 0 Å². The first kappa shape index (κ1) is 19.2. The van der Waals surface area contributed by atoms with Gasteiger partial charge in [-0.25, -0.2) is 4.68 Å². The second kappa shape index (κ2) is 8.92. The number of primary amides is 1. The molecule has 3 rings (SSSR count). The summed E-state index contributed by atoms with van der Waals surface area (Å²) in [7, 11) is 3.32. The third-order valence-electron chi connectivity index (χ3n) is 5.21. The highest BCUT2D eigenvalue weighted by Crippen LogP contribution is 2.27. The minimum absolute atomic E-state index is 0.0587. The second-order valence-electron chi connectivity index (χ2n) is 6.76. The van der Waals surface area contributed by atoms with E-state index in [2.05, 4.69) is 15.5 Å². The van der Waals surface area contributed by atoms with E-state index < -0.39 is 0 Å². The van der Waals surface area contributed by atoms with Gasteiger partial charge in [0.15, 0.2) is 6.04 Å². The number of carbonyl (C=O) groups excluding carboxylic acids is 1. The van der Waals surface area contributed by atoms with E-state index in [1.165, 1.54) is 4.90 Å². The van der Waals surface area contributed by atoms with Gasteiger partial charge in [-0.3, -0.25) is 4.79 Å². The fourth-order valence-electron chi connectivity index (χ4n) is 3.76. The lowest BCUT2D eigenvalue weighted by Crippen LogP contribution is -3.13. The summed E-state index contributed by atoms with van der Waals surface area (Å²) in [4.78, 5) is 12.8. The van der Waals surface area contributed by atoms with Crippen molar-refractivity contribution in [3.63, 3.8) is 0 Å². The van der Waals surface area contributed by atoms with Gasteiger partial charge in [0.1, 0.15) is 5.75 Å². The first-order valence-corrected chi connectivity index (χ1v) is 9.17. The third kappa shape index (κ3) is 4.25. The van der Waals surface area contributed by atoms with Gasteiger partial charge in [0.2, 0.25) is 11.7 Å². The molecule has 1 amide bonds. The molecule has 0 bridgehead atoms. The average Bonchev–Trinajstić information content (AvgIpc) is 3.15.